The van der Waals surface area contributed by atoms with Gasteiger partial charge >= 0.3 is 4.87 Å². The first-order valence-corrected chi connectivity index (χ1v) is 12.9. The number of piperidine rings is 1. The van der Waals surface area contributed by atoms with Gasteiger partial charge < -0.3 is 10.2 Å². The number of carbonyl (C=O) groups is 1. The van der Waals surface area contributed by atoms with Gasteiger partial charge in [-0.15, -0.1) is 0 Å². The lowest BCUT2D eigenvalue weighted by molar-refractivity contribution is -0.116. The van der Waals surface area contributed by atoms with E-state index in [-0.39, 0.29) is 22.2 Å². The first-order chi connectivity index (χ1) is 14.8. The Kier molecular flexibility index (Phi) is 7.55. The topological polar surface area (TPSA) is 91.7 Å². The lowest BCUT2D eigenvalue weighted by atomic mass is 10.2. The molecule has 1 aromatic carbocycles. The SMILES string of the molecule is CCN(CC)c1ccc(S(=O)(=O)N2CCCCC2)cc1NC(=O)Cn1c(C)csc1=O. The minimum Gasteiger partial charge on any atom is -0.370 e. The summed E-state index contributed by atoms with van der Waals surface area (Å²) in [5.74, 6) is -0.371. The molecule has 31 heavy (non-hydrogen) atoms. The molecule has 2 aromatic rings. The van der Waals surface area contributed by atoms with Crippen molar-refractivity contribution in [1.82, 2.24) is 8.87 Å². The molecule has 0 bridgehead atoms. The van der Waals surface area contributed by atoms with Crippen molar-refractivity contribution in [2.24, 2.45) is 0 Å². The molecule has 1 saturated heterocycles. The third-order valence-electron chi connectivity index (χ3n) is 5.58. The number of nitrogens with one attached hydrogen (secondary N) is 1. The zero-order valence-electron chi connectivity index (χ0n) is 18.3. The van der Waals surface area contributed by atoms with Crippen LogP contribution in [0, 0.1) is 6.92 Å². The monoisotopic (exact) mass is 466 g/mol. The van der Waals surface area contributed by atoms with E-state index in [4.69, 9.17) is 0 Å². The highest BCUT2D eigenvalue weighted by Gasteiger charge is 2.27. The second kappa shape index (κ2) is 9.97. The second-order valence-electron chi connectivity index (χ2n) is 7.59. The van der Waals surface area contributed by atoms with Gasteiger partial charge in [0.2, 0.25) is 15.9 Å². The van der Waals surface area contributed by atoms with Crippen molar-refractivity contribution in [1.29, 1.82) is 0 Å². The van der Waals surface area contributed by atoms with Crippen molar-refractivity contribution in [2.45, 2.75) is 51.5 Å². The largest absolute Gasteiger partial charge is 0.370 e. The molecular formula is C21H30N4O4S2. The van der Waals surface area contributed by atoms with Gasteiger partial charge in [0.1, 0.15) is 6.54 Å². The Morgan fingerprint density at radius 2 is 1.84 bits per heavy atom. The van der Waals surface area contributed by atoms with E-state index in [1.54, 1.807) is 30.5 Å². The van der Waals surface area contributed by atoms with Gasteiger partial charge in [-0.1, -0.05) is 17.8 Å². The van der Waals surface area contributed by atoms with E-state index in [1.807, 2.05) is 13.8 Å². The minimum absolute atomic E-state index is 0.116. The van der Waals surface area contributed by atoms with E-state index >= 15 is 0 Å². The summed E-state index contributed by atoms with van der Waals surface area (Å²) in [6, 6.07) is 4.90. The molecular weight excluding hydrogens is 436 g/mol. The molecule has 0 atom stereocenters. The van der Waals surface area contributed by atoms with E-state index in [0.717, 1.165) is 42.0 Å². The highest BCUT2D eigenvalue weighted by atomic mass is 32.2. The molecule has 10 heteroatoms. The van der Waals surface area contributed by atoms with Gasteiger partial charge in [-0.2, -0.15) is 4.31 Å². The van der Waals surface area contributed by atoms with Crippen molar-refractivity contribution < 1.29 is 13.2 Å². The van der Waals surface area contributed by atoms with Crippen LogP contribution in [0.1, 0.15) is 38.8 Å². The molecule has 2 heterocycles. The molecule has 1 fully saturated rings. The zero-order valence-corrected chi connectivity index (χ0v) is 19.9. The molecule has 0 saturated carbocycles. The van der Waals surface area contributed by atoms with Crippen LogP contribution in [-0.2, 0) is 21.4 Å². The van der Waals surface area contributed by atoms with E-state index in [2.05, 4.69) is 10.2 Å². The number of aryl methyl sites for hydroxylation is 1. The summed E-state index contributed by atoms with van der Waals surface area (Å²) >= 11 is 1.05. The highest BCUT2D eigenvalue weighted by Crippen LogP contribution is 2.31. The molecule has 0 radical (unpaired) electrons. The van der Waals surface area contributed by atoms with Crippen LogP contribution in [0.5, 0.6) is 0 Å². The maximum absolute atomic E-state index is 13.1. The van der Waals surface area contributed by atoms with Crippen LogP contribution in [0.2, 0.25) is 0 Å². The Balaban J connectivity index is 1.94. The Morgan fingerprint density at radius 1 is 1.16 bits per heavy atom. The normalized spacial score (nSPS) is 15.1. The van der Waals surface area contributed by atoms with Gasteiger partial charge in [0.25, 0.3) is 0 Å². The number of nitrogens with zero attached hydrogens (tertiary/aromatic N) is 3. The van der Waals surface area contributed by atoms with Crippen LogP contribution < -0.4 is 15.1 Å². The van der Waals surface area contributed by atoms with E-state index < -0.39 is 10.0 Å². The van der Waals surface area contributed by atoms with Crippen molar-refractivity contribution in [3.05, 3.63) is 38.9 Å². The third kappa shape index (κ3) is 5.19. The molecule has 1 aliphatic heterocycles. The van der Waals surface area contributed by atoms with Crippen LogP contribution in [0.4, 0.5) is 11.4 Å². The van der Waals surface area contributed by atoms with Crippen LogP contribution in [-0.4, -0.2) is 49.4 Å². The lowest BCUT2D eigenvalue weighted by Gasteiger charge is -2.28. The van der Waals surface area contributed by atoms with Crippen molar-refractivity contribution in [2.75, 3.05) is 36.4 Å². The average molecular weight is 467 g/mol. The third-order valence-corrected chi connectivity index (χ3v) is 8.35. The summed E-state index contributed by atoms with van der Waals surface area (Å²) in [5.41, 5.74) is 1.91. The Labute approximate surface area is 187 Å². The van der Waals surface area contributed by atoms with Crippen molar-refractivity contribution in [3.8, 4) is 0 Å². The van der Waals surface area contributed by atoms with Gasteiger partial charge in [-0.05, 0) is 51.8 Å². The fourth-order valence-electron chi connectivity index (χ4n) is 3.80. The molecule has 1 aromatic heterocycles. The van der Waals surface area contributed by atoms with E-state index in [1.165, 1.54) is 8.87 Å². The molecule has 8 nitrogen and oxygen atoms in total. The summed E-state index contributed by atoms with van der Waals surface area (Å²) in [5, 5.41) is 4.56. The zero-order chi connectivity index (χ0) is 22.6. The molecule has 0 unspecified atom stereocenters. The number of carbonyl (C=O) groups excluding carboxylic acids is 1. The minimum atomic E-state index is -3.63. The Hall–Kier alpha value is -2.17. The Bertz CT molecular complexity index is 1080. The Morgan fingerprint density at radius 3 is 2.42 bits per heavy atom. The van der Waals surface area contributed by atoms with Gasteiger partial charge in [0.05, 0.1) is 16.3 Å². The van der Waals surface area contributed by atoms with Crippen molar-refractivity contribution in [3.63, 3.8) is 0 Å². The highest BCUT2D eigenvalue weighted by molar-refractivity contribution is 7.89. The second-order valence-corrected chi connectivity index (χ2v) is 10.4. The predicted molar refractivity (Wildman–Crippen MR) is 125 cm³/mol. The summed E-state index contributed by atoms with van der Waals surface area (Å²) in [7, 11) is -3.63. The first-order valence-electron chi connectivity index (χ1n) is 10.6. The van der Waals surface area contributed by atoms with Crippen molar-refractivity contribution >= 4 is 38.6 Å². The molecule has 1 aliphatic rings. The van der Waals surface area contributed by atoms with Crippen LogP contribution >= 0.6 is 11.3 Å². The molecule has 170 valence electrons. The number of sulfonamides is 1. The fourth-order valence-corrected chi connectivity index (χ4v) is 6.08. The number of rotatable bonds is 8. The number of hydrogen-bond acceptors (Lipinski definition) is 6. The number of aromatic nitrogens is 1. The summed E-state index contributed by atoms with van der Waals surface area (Å²) in [6.07, 6.45) is 2.75. The van der Waals surface area contributed by atoms with E-state index in [0.29, 0.717) is 31.9 Å². The van der Waals surface area contributed by atoms with Gasteiger partial charge in [0.15, 0.2) is 0 Å². The summed E-state index contributed by atoms with van der Waals surface area (Å²) < 4.78 is 29.2. The fraction of sp³-hybridized carbons (Fsp3) is 0.524. The quantitative estimate of drug-likeness (QED) is 0.646. The average Bonchev–Trinajstić information content (AvgIpc) is 3.08. The summed E-state index contributed by atoms with van der Waals surface area (Å²) in [4.78, 5) is 26.7. The van der Waals surface area contributed by atoms with Crippen LogP contribution in [0.15, 0.2) is 33.3 Å². The molecule has 3 rings (SSSR count). The molecule has 0 spiro atoms. The maximum Gasteiger partial charge on any atom is 0.307 e. The van der Waals surface area contributed by atoms with Gasteiger partial charge in [-0.3, -0.25) is 14.2 Å². The molecule has 1 amide bonds. The number of benzene rings is 1. The summed E-state index contributed by atoms with van der Waals surface area (Å²) in [6.45, 7) is 8.11. The predicted octanol–water partition coefficient (Wildman–Crippen LogP) is 2.88. The van der Waals surface area contributed by atoms with E-state index in [9.17, 15) is 18.0 Å². The smallest absolute Gasteiger partial charge is 0.307 e. The van der Waals surface area contributed by atoms with Crippen LogP contribution in [0.25, 0.3) is 0 Å². The molecule has 1 N–H and O–H groups in total. The number of hydrogen-bond donors (Lipinski definition) is 1. The van der Waals surface area contributed by atoms with Crippen LogP contribution in [0.3, 0.4) is 0 Å². The van der Waals surface area contributed by atoms with Gasteiger partial charge in [-0.25, -0.2) is 8.42 Å². The lowest BCUT2D eigenvalue weighted by Crippen LogP contribution is -2.35. The standard InChI is InChI=1S/C21H30N4O4S2/c1-4-23(5-2)19-10-9-17(31(28,29)24-11-7-6-8-12-24)13-18(19)22-20(26)14-25-16(3)15-30-21(25)27/h9-10,13,15H,4-8,11-12,14H2,1-3H3,(H,22,26). The first kappa shape index (κ1) is 23.5. The molecule has 0 aliphatic carbocycles. The number of amides is 1. The maximum atomic E-state index is 13.1. The number of anilines is 2. The van der Waals surface area contributed by atoms with Gasteiger partial charge in [0, 0.05) is 37.3 Å². The number of thiazole rings is 1.